The molecule has 2 unspecified atom stereocenters. The summed E-state index contributed by atoms with van der Waals surface area (Å²) in [6.07, 6.45) is -0.755. The standard InChI is InChI=1S/C36H34N2O4/c1-41-35-33(36(42-2)34(35)38(27-19-11-5-12-20-27)28-21-13-6-14-22-28)32-30(39)23-29(24-31(32)40)37(25-15-7-3-8-16-25)26-17-9-4-10-18-26/h3-24,33-36,39-40H,1-2H3. The van der Waals surface area contributed by atoms with Gasteiger partial charge >= 0.3 is 0 Å². The van der Waals surface area contributed by atoms with E-state index in [4.69, 9.17) is 9.47 Å². The Morgan fingerprint density at radius 3 is 1.21 bits per heavy atom. The van der Waals surface area contributed by atoms with Crippen LogP contribution in [0.3, 0.4) is 0 Å². The number of rotatable bonds is 9. The molecule has 6 heteroatoms. The average molecular weight is 559 g/mol. The molecule has 1 fully saturated rings. The van der Waals surface area contributed by atoms with Crippen molar-refractivity contribution in [2.45, 2.75) is 24.2 Å². The summed E-state index contributed by atoms with van der Waals surface area (Å²) in [6.45, 7) is 0. The molecule has 1 aliphatic carbocycles. The Morgan fingerprint density at radius 2 is 0.857 bits per heavy atom. The highest BCUT2D eigenvalue weighted by Crippen LogP contribution is 2.53. The van der Waals surface area contributed by atoms with Crippen LogP contribution in [0, 0.1) is 0 Å². The van der Waals surface area contributed by atoms with Gasteiger partial charge in [-0.15, -0.1) is 0 Å². The Morgan fingerprint density at radius 1 is 0.500 bits per heavy atom. The van der Waals surface area contributed by atoms with Crippen LogP contribution in [0.1, 0.15) is 11.5 Å². The van der Waals surface area contributed by atoms with Crippen LogP contribution in [0.2, 0.25) is 0 Å². The molecule has 1 saturated carbocycles. The van der Waals surface area contributed by atoms with Crippen LogP contribution in [0.4, 0.5) is 28.4 Å². The normalized spacial score (nSPS) is 19.6. The first kappa shape index (κ1) is 27.4. The van der Waals surface area contributed by atoms with Gasteiger partial charge in [-0.25, -0.2) is 0 Å². The highest BCUT2D eigenvalue weighted by atomic mass is 16.5. The fourth-order valence-corrected chi connectivity index (χ4v) is 6.20. The van der Waals surface area contributed by atoms with Crippen molar-refractivity contribution in [3.8, 4) is 11.5 Å². The van der Waals surface area contributed by atoms with Crippen molar-refractivity contribution in [2.24, 2.45) is 0 Å². The topological polar surface area (TPSA) is 65.4 Å². The predicted molar refractivity (Wildman–Crippen MR) is 168 cm³/mol. The van der Waals surface area contributed by atoms with E-state index in [2.05, 4.69) is 29.2 Å². The first-order valence-corrected chi connectivity index (χ1v) is 14.0. The minimum Gasteiger partial charge on any atom is -0.507 e. The van der Waals surface area contributed by atoms with Crippen LogP contribution >= 0.6 is 0 Å². The van der Waals surface area contributed by atoms with Crippen molar-refractivity contribution >= 4 is 28.4 Å². The number of methoxy groups -OCH3 is 2. The maximum absolute atomic E-state index is 11.5. The number of phenols is 2. The zero-order valence-corrected chi connectivity index (χ0v) is 23.6. The third kappa shape index (κ3) is 4.96. The largest absolute Gasteiger partial charge is 0.507 e. The molecule has 6 rings (SSSR count). The lowest BCUT2D eigenvalue weighted by atomic mass is 9.68. The smallest absolute Gasteiger partial charge is 0.125 e. The Hall–Kier alpha value is -4.78. The number of phenolic OH excluding ortho intramolecular Hbond substituents is 2. The van der Waals surface area contributed by atoms with E-state index >= 15 is 0 Å². The van der Waals surface area contributed by atoms with E-state index in [0.717, 1.165) is 22.7 Å². The number of nitrogens with zero attached hydrogens (tertiary/aromatic N) is 2. The number of ether oxygens (including phenoxy) is 2. The van der Waals surface area contributed by atoms with Gasteiger partial charge in [-0.2, -0.15) is 0 Å². The molecule has 2 atom stereocenters. The molecule has 0 amide bonds. The van der Waals surface area contributed by atoms with Crippen molar-refractivity contribution < 1.29 is 19.7 Å². The number of aromatic hydroxyl groups is 2. The van der Waals surface area contributed by atoms with E-state index in [1.54, 1.807) is 26.4 Å². The van der Waals surface area contributed by atoms with Gasteiger partial charge in [-0.05, 0) is 48.5 Å². The summed E-state index contributed by atoms with van der Waals surface area (Å²) in [4.78, 5) is 4.22. The van der Waals surface area contributed by atoms with Gasteiger partial charge < -0.3 is 29.5 Å². The van der Waals surface area contributed by atoms with E-state index in [1.165, 1.54) is 0 Å². The monoisotopic (exact) mass is 558 g/mol. The zero-order valence-electron chi connectivity index (χ0n) is 23.6. The SMILES string of the molecule is COC1C(c2c(O)cc(N(c3ccccc3)c3ccccc3)cc2O)C(OC)C1N(c1ccccc1)c1ccccc1. The van der Waals surface area contributed by atoms with E-state index < -0.39 is 5.92 Å². The van der Waals surface area contributed by atoms with Crippen molar-refractivity contribution in [1.29, 1.82) is 0 Å². The van der Waals surface area contributed by atoms with Gasteiger partial charge in [0.15, 0.2) is 0 Å². The number of hydrogen-bond acceptors (Lipinski definition) is 6. The van der Waals surface area contributed by atoms with Gasteiger partial charge in [0, 0.05) is 60.6 Å². The lowest BCUT2D eigenvalue weighted by Gasteiger charge is -2.55. The van der Waals surface area contributed by atoms with E-state index in [1.807, 2.05) is 102 Å². The molecule has 0 spiro atoms. The van der Waals surface area contributed by atoms with Gasteiger partial charge in [0.05, 0.1) is 23.9 Å². The lowest BCUT2D eigenvalue weighted by Crippen LogP contribution is -2.66. The van der Waals surface area contributed by atoms with Gasteiger partial charge in [0.25, 0.3) is 0 Å². The quantitative estimate of drug-likeness (QED) is 0.192. The molecule has 6 nitrogen and oxygen atoms in total. The molecule has 2 N–H and O–H groups in total. The summed E-state index contributed by atoms with van der Waals surface area (Å²) in [5, 5.41) is 23.0. The molecule has 0 heterocycles. The molecule has 42 heavy (non-hydrogen) atoms. The van der Waals surface area contributed by atoms with Crippen LogP contribution in [0.15, 0.2) is 133 Å². The molecule has 0 aromatic heterocycles. The summed E-state index contributed by atoms with van der Waals surface area (Å²) < 4.78 is 12.2. The van der Waals surface area contributed by atoms with Crippen LogP contribution in [-0.4, -0.2) is 42.7 Å². The predicted octanol–water partition coefficient (Wildman–Crippen LogP) is 7.90. The summed E-state index contributed by atoms with van der Waals surface area (Å²) in [5.41, 5.74) is 4.87. The number of hydrogen-bond donors (Lipinski definition) is 2. The molecule has 1 aliphatic rings. The number of anilines is 5. The summed E-state index contributed by atoms with van der Waals surface area (Å²) in [5.74, 6) is -0.434. The Bertz CT molecular complexity index is 1490. The van der Waals surface area contributed by atoms with Gasteiger partial charge in [-0.3, -0.25) is 0 Å². The minimum absolute atomic E-state index is 0.0135. The van der Waals surface area contributed by atoms with Crippen LogP contribution < -0.4 is 9.80 Å². The van der Waals surface area contributed by atoms with Crippen LogP contribution in [-0.2, 0) is 9.47 Å². The fourth-order valence-electron chi connectivity index (χ4n) is 6.20. The third-order valence-corrected chi connectivity index (χ3v) is 8.03. The molecule has 0 bridgehead atoms. The van der Waals surface area contributed by atoms with E-state index in [-0.39, 0.29) is 29.7 Å². The Balaban J connectivity index is 1.41. The maximum Gasteiger partial charge on any atom is 0.125 e. The molecule has 0 radical (unpaired) electrons. The summed E-state index contributed by atoms with van der Waals surface area (Å²) in [7, 11) is 3.33. The molecule has 212 valence electrons. The molecule has 0 saturated heterocycles. The molecule has 5 aromatic carbocycles. The molecule has 5 aromatic rings. The van der Waals surface area contributed by atoms with Gasteiger partial charge in [0.1, 0.15) is 11.5 Å². The third-order valence-electron chi connectivity index (χ3n) is 8.03. The van der Waals surface area contributed by atoms with Crippen LogP contribution in [0.5, 0.6) is 11.5 Å². The summed E-state index contributed by atoms with van der Waals surface area (Å²) >= 11 is 0. The Kier molecular flexibility index (Phi) is 7.82. The number of benzene rings is 5. The van der Waals surface area contributed by atoms with Crippen molar-refractivity contribution in [1.82, 2.24) is 0 Å². The van der Waals surface area contributed by atoms with Crippen LogP contribution in [0.25, 0.3) is 0 Å². The van der Waals surface area contributed by atoms with Gasteiger partial charge in [-0.1, -0.05) is 72.8 Å². The van der Waals surface area contributed by atoms with Crippen molar-refractivity contribution in [2.75, 3.05) is 24.0 Å². The second kappa shape index (κ2) is 12.0. The maximum atomic E-state index is 11.5. The first-order valence-electron chi connectivity index (χ1n) is 14.0. The minimum atomic E-state index is -0.407. The Labute approximate surface area is 246 Å². The molecule has 0 aliphatic heterocycles. The van der Waals surface area contributed by atoms with E-state index in [0.29, 0.717) is 11.3 Å². The first-order chi connectivity index (χ1) is 20.6. The zero-order chi connectivity index (χ0) is 29.1. The van der Waals surface area contributed by atoms with E-state index in [9.17, 15) is 10.2 Å². The second-order valence-electron chi connectivity index (χ2n) is 10.4. The molecular weight excluding hydrogens is 524 g/mol. The second-order valence-corrected chi connectivity index (χ2v) is 10.4. The lowest BCUT2D eigenvalue weighted by molar-refractivity contribution is -0.112. The highest BCUT2D eigenvalue weighted by Gasteiger charge is 2.57. The fraction of sp³-hybridized carbons (Fsp3) is 0.167. The molecular formula is C36H34N2O4. The summed E-state index contributed by atoms with van der Waals surface area (Å²) in [6, 6.07) is 43.2. The highest BCUT2D eigenvalue weighted by molar-refractivity contribution is 5.79. The van der Waals surface area contributed by atoms with Crippen molar-refractivity contribution in [3.05, 3.63) is 139 Å². The average Bonchev–Trinajstić information content (AvgIpc) is 3.02. The van der Waals surface area contributed by atoms with Crippen molar-refractivity contribution in [3.63, 3.8) is 0 Å². The number of para-hydroxylation sites is 4. The van der Waals surface area contributed by atoms with Gasteiger partial charge in [0.2, 0.25) is 0 Å².